The summed E-state index contributed by atoms with van der Waals surface area (Å²) in [7, 11) is 0. The number of rotatable bonds is 41. The smallest absolute Gasteiger partial charge is 0.220 e. The molecular formula is C55H93NO8. The Morgan fingerprint density at radius 1 is 0.547 bits per heavy atom. The molecule has 9 heteroatoms. The van der Waals surface area contributed by atoms with Crippen LogP contribution in [-0.4, -0.2) is 87.5 Å². The molecule has 1 rings (SSSR count). The third-order valence-corrected chi connectivity index (χ3v) is 11.4. The third kappa shape index (κ3) is 33.6. The van der Waals surface area contributed by atoms with Crippen LogP contribution in [0.15, 0.2) is 97.2 Å². The molecule has 7 unspecified atom stereocenters. The molecule has 1 fully saturated rings. The number of hydrogen-bond acceptors (Lipinski definition) is 8. The molecule has 1 aliphatic rings. The van der Waals surface area contributed by atoms with Gasteiger partial charge < -0.3 is 40.3 Å². The van der Waals surface area contributed by atoms with Crippen LogP contribution >= 0.6 is 0 Å². The first-order valence-electron chi connectivity index (χ1n) is 25.5. The Hall–Kier alpha value is -2.89. The number of ether oxygens (including phenoxy) is 2. The number of nitrogens with one attached hydrogen (secondary N) is 1. The Labute approximate surface area is 390 Å². The summed E-state index contributed by atoms with van der Waals surface area (Å²) in [6, 6.07) is -0.836. The molecule has 0 bridgehead atoms. The molecule has 0 aliphatic carbocycles. The molecule has 1 amide bonds. The first-order valence-corrected chi connectivity index (χ1v) is 25.5. The van der Waals surface area contributed by atoms with Gasteiger partial charge in [0.2, 0.25) is 5.91 Å². The summed E-state index contributed by atoms with van der Waals surface area (Å²) in [6.45, 7) is 3.62. The van der Waals surface area contributed by atoms with Gasteiger partial charge in [0.15, 0.2) is 6.29 Å². The van der Waals surface area contributed by atoms with E-state index in [0.29, 0.717) is 6.42 Å². The zero-order valence-corrected chi connectivity index (χ0v) is 40.2. The molecule has 64 heavy (non-hydrogen) atoms. The van der Waals surface area contributed by atoms with Gasteiger partial charge in [0.05, 0.1) is 25.4 Å². The van der Waals surface area contributed by atoms with E-state index in [0.717, 1.165) is 103 Å². The quantitative estimate of drug-likeness (QED) is 0.0262. The molecule has 7 atom stereocenters. The highest BCUT2D eigenvalue weighted by Gasteiger charge is 2.44. The topological polar surface area (TPSA) is 149 Å². The van der Waals surface area contributed by atoms with E-state index >= 15 is 0 Å². The highest BCUT2D eigenvalue weighted by atomic mass is 16.7. The molecule has 9 nitrogen and oxygen atoms in total. The molecule has 0 aromatic heterocycles. The Bertz CT molecular complexity index is 1320. The fourth-order valence-electron chi connectivity index (χ4n) is 7.35. The van der Waals surface area contributed by atoms with E-state index in [1.807, 2.05) is 6.08 Å². The van der Waals surface area contributed by atoms with Crippen molar-refractivity contribution in [2.45, 2.75) is 230 Å². The Morgan fingerprint density at radius 2 is 0.984 bits per heavy atom. The number of aliphatic hydroxyl groups excluding tert-OH is 5. The monoisotopic (exact) mass is 896 g/mol. The van der Waals surface area contributed by atoms with Gasteiger partial charge in [-0.2, -0.15) is 0 Å². The largest absolute Gasteiger partial charge is 0.394 e. The van der Waals surface area contributed by atoms with E-state index in [1.54, 1.807) is 6.08 Å². The maximum atomic E-state index is 13.0. The molecule has 366 valence electrons. The molecule has 1 heterocycles. The van der Waals surface area contributed by atoms with Crippen molar-refractivity contribution in [1.29, 1.82) is 0 Å². The van der Waals surface area contributed by atoms with E-state index in [2.05, 4.69) is 104 Å². The summed E-state index contributed by atoms with van der Waals surface area (Å²) in [5, 5.41) is 54.3. The minimum Gasteiger partial charge on any atom is -0.394 e. The van der Waals surface area contributed by atoms with Crippen molar-refractivity contribution >= 4 is 5.91 Å². The van der Waals surface area contributed by atoms with E-state index in [1.165, 1.54) is 64.2 Å². The van der Waals surface area contributed by atoms with Gasteiger partial charge in [0.25, 0.3) is 0 Å². The van der Waals surface area contributed by atoms with Crippen LogP contribution < -0.4 is 5.32 Å². The first kappa shape index (κ1) is 59.1. The number of aliphatic hydroxyl groups is 5. The van der Waals surface area contributed by atoms with Gasteiger partial charge >= 0.3 is 0 Å². The Balaban J connectivity index is 2.33. The lowest BCUT2D eigenvalue weighted by Crippen LogP contribution is -2.60. The Kier molecular flexibility index (Phi) is 40.6. The van der Waals surface area contributed by atoms with Gasteiger partial charge in [-0.3, -0.25) is 4.79 Å². The average molecular weight is 896 g/mol. The fraction of sp³-hybridized carbons (Fsp3) is 0.691. The van der Waals surface area contributed by atoms with Crippen molar-refractivity contribution in [2.24, 2.45) is 0 Å². The summed E-state index contributed by atoms with van der Waals surface area (Å²) >= 11 is 0. The van der Waals surface area contributed by atoms with Crippen LogP contribution in [0.5, 0.6) is 0 Å². The van der Waals surface area contributed by atoms with Gasteiger partial charge in [-0.1, -0.05) is 195 Å². The van der Waals surface area contributed by atoms with Gasteiger partial charge in [0.1, 0.15) is 24.4 Å². The lowest BCUT2D eigenvalue weighted by atomic mass is 9.99. The van der Waals surface area contributed by atoms with Crippen LogP contribution in [0.2, 0.25) is 0 Å². The van der Waals surface area contributed by atoms with Crippen LogP contribution in [0.25, 0.3) is 0 Å². The molecular weight excluding hydrogens is 803 g/mol. The van der Waals surface area contributed by atoms with E-state index in [-0.39, 0.29) is 12.5 Å². The minimum absolute atomic E-state index is 0.206. The first-order chi connectivity index (χ1) is 31.3. The van der Waals surface area contributed by atoms with E-state index < -0.39 is 49.5 Å². The molecule has 0 saturated carbocycles. The number of carbonyl (C=O) groups excluding carboxylic acids is 1. The Morgan fingerprint density at radius 3 is 1.50 bits per heavy atom. The maximum absolute atomic E-state index is 13.0. The molecule has 1 aliphatic heterocycles. The minimum atomic E-state index is -1.58. The van der Waals surface area contributed by atoms with Gasteiger partial charge in [-0.25, -0.2) is 0 Å². The number of unbranched alkanes of at least 4 members (excludes halogenated alkanes) is 17. The van der Waals surface area contributed by atoms with Crippen molar-refractivity contribution in [3.05, 3.63) is 97.2 Å². The molecule has 0 aromatic carbocycles. The summed E-state index contributed by atoms with van der Waals surface area (Å²) in [4.78, 5) is 13.0. The SMILES string of the molecule is CC/C=C\C/C=C\C/C=C\C/C=C\C/C=C\C/C=C\CCCCCCCCC(=O)NC(COC1OC(CO)C(O)C(O)C1O)C(O)/C=C/CC/C=C/CCCCCCCCCCCC. The standard InChI is InChI=1S/C55H93NO8/c1-3-5-7-9-11-13-15-17-19-21-22-23-24-25-26-27-28-29-31-33-35-37-39-41-43-45-51(59)56-48(47-63-55-54(62)53(61)52(60)50(46-57)64-55)49(58)44-42-40-38-36-34-32-30-20-18-16-14-12-10-8-6-4-2/h5,7,11,13,17,19,22-23,25-26,28-29,34,36,42,44,48-50,52-55,57-58,60-62H,3-4,6,8-10,12,14-16,18,20-21,24,27,30-33,35,37-41,43,45-47H2,1-2H3,(H,56,59)/b7-5-,13-11-,19-17-,23-22-,26-25-,29-28-,36-34+,44-42+. The predicted octanol–water partition coefficient (Wildman–Crippen LogP) is 11.7. The number of hydrogen-bond donors (Lipinski definition) is 6. The van der Waals surface area contributed by atoms with Gasteiger partial charge in [-0.15, -0.1) is 0 Å². The predicted molar refractivity (Wildman–Crippen MR) is 267 cm³/mol. The van der Waals surface area contributed by atoms with Crippen LogP contribution in [-0.2, 0) is 14.3 Å². The molecule has 6 N–H and O–H groups in total. The third-order valence-electron chi connectivity index (χ3n) is 11.4. The summed E-state index contributed by atoms with van der Waals surface area (Å²) in [5.74, 6) is -0.206. The number of allylic oxidation sites excluding steroid dienone is 15. The average Bonchev–Trinajstić information content (AvgIpc) is 3.29. The second-order valence-electron chi connectivity index (χ2n) is 17.2. The molecule has 0 spiro atoms. The normalized spacial score (nSPS) is 20.9. The molecule has 0 radical (unpaired) electrons. The van der Waals surface area contributed by atoms with Crippen molar-refractivity contribution in [1.82, 2.24) is 5.32 Å². The highest BCUT2D eigenvalue weighted by molar-refractivity contribution is 5.76. The molecule has 0 aromatic rings. The summed E-state index contributed by atoms with van der Waals surface area (Å²) in [5.41, 5.74) is 0. The van der Waals surface area contributed by atoms with Crippen molar-refractivity contribution in [3.8, 4) is 0 Å². The highest BCUT2D eigenvalue weighted by Crippen LogP contribution is 2.22. The van der Waals surface area contributed by atoms with Crippen LogP contribution in [0.3, 0.4) is 0 Å². The lowest BCUT2D eigenvalue weighted by molar-refractivity contribution is -0.302. The lowest BCUT2D eigenvalue weighted by Gasteiger charge is -2.40. The van der Waals surface area contributed by atoms with Crippen LogP contribution in [0, 0.1) is 0 Å². The zero-order valence-electron chi connectivity index (χ0n) is 40.2. The zero-order chi connectivity index (χ0) is 46.6. The maximum Gasteiger partial charge on any atom is 0.220 e. The van der Waals surface area contributed by atoms with Gasteiger partial charge in [-0.05, 0) is 83.5 Å². The second-order valence-corrected chi connectivity index (χ2v) is 17.2. The van der Waals surface area contributed by atoms with Gasteiger partial charge in [0, 0.05) is 6.42 Å². The van der Waals surface area contributed by atoms with Crippen LogP contribution in [0.4, 0.5) is 0 Å². The number of amides is 1. The van der Waals surface area contributed by atoms with Crippen molar-refractivity contribution in [3.63, 3.8) is 0 Å². The summed E-state index contributed by atoms with van der Waals surface area (Å²) in [6.07, 6.45) is 55.9. The summed E-state index contributed by atoms with van der Waals surface area (Å²) < 4.78 is 11.2. The van der Waals surface area contributed by atoms with Crippen molar-refractivity contribution in [2.75, 3.05) is 13.2 Å². The van der Waals surface area contributed by atoms with Crippen LogP contribution in [0.1, 0.15) is 187 Å². The van der Waals surface area contributed by atoms with Crippen molar-refractivity contribution < 1.29 is 39.8 Å². The van der Waals surface area contributed by atoms with E-state index in [9.17, 15) is 30.3 Å². The van der Waals surface area contributed by atoms with E-state index in [4.69, 9.17) is 9.47 Å². The molecule has 1 saturated heterocycles. The number of carbonyl (C=O) groups is 1. The second kappa shape index (κ2) is 44.0. The fourth-order valence-corrected chi connectivity index (χ4v) is 7.35.